The highest BCUT2D eigenvalue weighted by Crippen LogP contribution is 2.53. The number of hydrazone groups is 1. The quantitative estimate of drug-likeness (QED) is 0.147. The number of fused-ring (bicyclic) bond motifs is 16. The number of anilines is 12. The number of amidine groups is 1. The molecule has 12 aliphatic heterocycles. The maximum Gasteiger partial charge on any atom is 0.178 e. The first-order valence-electron chi connectivity index (χ1n) is 38.5. The molecular weight excluding hydrogens is 1430 g/mol. The SMILES string of the molecule is C1=CC2=NN3c4ccccc4N(c4ccccc4)C3CN2C=C1.CC1=C2C=C(c3ccncc3)C=CN2CC2N1c1ccccc1N2c1cncnc1.CC1=C2C=C(c3ccncc3)C=CN2CC2N1c1nccnc1N2c1ccccc1.CC1=C2C=C(c3ncc(C#N)cn3)C=CN2CC2N1c1ccccc1N2c1ccccc1. The van der Waals surface area contributed by atoms with Gasteiger partial charge in [-0.15, -0.1) is 0 Å². The van der Waals surface area contributed by atoms with Crippen molar-refractivity contribution in [2.45, 2.75) is 45.4 Å². The van der Waals surface area contributed by atoms with Crippen molar-refractivity contribution in [2.24, 2.45) is 5.10 Å². The summed E-state index contributed by atoms with van der Waals surface area (Å²) in [5.41, 5.74) is 24.9. The molecule has 115 heavy (non-hydrogen) atoms. The van der Waals surface area contributed by atoms with Crippen molar-refractivity contribution in [3.63, 3.8) is 0 Å². The standard InChI is InChI=1S/C26H20N6.2C24H20N6.C19H16N4/c1-18-24-13-20(26-28-15-19(14-27)16-29-26)11-12-30(24)17-25-31(18)22-9-5-6-10-23(22)32(25)21-7-3-2-4-8-21;1-17-23-12-19(18-6-9-25-10-7-18)8-11-28(23)15-24-29(17)21-4-2-3-5-22(21)30(24)20-13-26-16-27-14-20;1-17-21-15-19(18-7-10-25-11-8-18)9-14-28(21)16-22-29(17)23-24(27-13-12-26-23)30(22)20-5-3-2-4-6-20;1-2-8-15(9-3-1)22-16-10-4-5-11-17(16)23-19(22)14-21-13-7-6-12-18(21)20-23/h2-13,15-16,25H,17H2,1H3;2-14,16,24H,15H2,1H3;2-15,22H,16H2,1H3;1-13,19H,14H2. The average molecular weight is 1500 g/mol. The number of benzene rings is 6. The monoisotopic (exact) mass is 1500 g/mol. The summed E-state index contributed by atoms with van der Waals surface area (Å²) >= 11 is 0. The number of para-hydroxylation sites is 9. The second-order valence-corrected chi connectivity index (χ2v) is 28.9. The molecule has 22 heteroatoms. The van der Waals surface area contributed by atoms with Crippen LogP contribution in [-0.2, 0) is 0 Å². The van der Waals surface area contributed by atoms with Crippen LogP contribution in [0.3, 0.4) is 0 Å². The Morgan fingerprint density at radius 3 is 1.24 bits per heavy atom. The van der Waals surface area contributed by atoms with Crippen LogP contribution in [0.25, 0.3) is 16.7 Å². The third kappa shape index (κ3) is 12.2. The molecular formula is C93H76N22. The Bertz CT molecular complexity index is 5840. The fourth-order valence-corrected chi connectivity index (χ4v) is 17.4. The van der Waals surface area contributed by atoms with E-state index in [4.69, 9.17) is 20.3 Å². The zero-order valence-electron chi connectivity index (χ0n) is 63.2. The molecule has 0 saturated heterocycles. The highest BCUT2D eigenvalue weighted by molar-refractivity contribution is 5.98. The largest absolute Gasteiger partial charge is 0.343 e. The minimum Gasteiger partial charge on any atom is -0.343 e. The highest BCUT2D eigenvalue weighted by atomic mass is 15.6. The number of nitriles is 1. The first kappa shape index (κ1) is 69.0. The van der Waals surface area contributed by atoms with E-state index >= 15 is 0 Å². The van der Waals surface area contributed by atoms with Crippen molar-refractivity contribution < 1.29 is 0 Å². The molecule has 0 saturated carbocycles. The van der Waals surface area contributed by atoms with Gasteiger partial charge in [0.25, 0.3) is 0 Å². The lowest BCUT2D eigenvalue weighted by Gasteiger charge is -2.43. The summed E-state index contributed by atoms with van der Waals surface area (Å²) < 4.78 is 0. The summed E-state index contributed by atoms with van der Waals surface area (Å²) in [7, 11) is 0. The molecule has 0 amide bonds. The Morgan fingerprint density at radius 1 is 0.339 bits per heavy atom. The Kier molecular flexibility index (Phi) is 17.5. The van der Waals surface area contributed by atoms with Crippen LogP contribution in [0.5, 0.6) is 0 Å². The minimum atomic E-state index is 0.0917. The zero-order chi connectivity index (χ0) is 77.0. The molecule has 0 aliphatic carbocycles. The van der Waals surface area contributed by atoms with E-state index in [0.29, 0.717) is 11.4 Å². The highest BCUT2D eigenvalue weighted by Gasteiger charge is 2.48. The van der Waals surface area contributed by atoms with Crippen LogP contribution in [-0.4, -0.2) is 116 Å². The molecule has 0 bridgehead atoms. The van der Waals surface area contributed by atoms with E-state index in [1.54, 1.807) is 31.1 Å². The van der Waals surface area contributed by atoms with Crippen molar-refractivity contribution >= 4 is 91.1 Å². The Balaban J connectivity index is 0.0000000997. The first-order valence-corrected chi connectivity index (χ1v) is 38.5. The molecule has 558 valence electrons. The van der Waals surface area contributed by atoms with Crippen LogP contribution in [0.4, 0.5) is 68.5 Å². The van der Waals surface area contributed by atoms with Crippen molar-refractivity contribution in [3.05, 3.63) is 393 Å². The van der Waals surface area contributed by atoms with Crippen LogP contribution in [0.15, 0.2) is 375 Å². The van der Waals surface area contributed by atoms with Gasteiger partial charge in [0.2, 0.25) is 0 Å². The summed E-state index contributed by atoms with van der Waals surface area (Å²) in [4.78, 5) is 60.7. The molecule has 0 spiro atoms. The number of nitrogens with zero attached hydrogens (tertiary/aromatic N) is 22. The van der Waals surface area contributed by atoms with E-state index in [-0.39, 0.29) is 24.7 Å². The molecule has 0 N–H and O–H groups in total. The van der Waals surface area contributed by atoms with Gasteiger partial charge in [0.05, 0.1) is 101 Å². The van der Waals surface area contributed by atoms with Crippen LogP contribution >= 0.6 is 0 Å². The fourth-order valence-electron chi connectivity index (χ4n) is 17.4. The summed E-state index contributed by atoms with van der Waals surface area (Å²) in [6, 6.07) is 67.4. The molecule has 11 aromatic rings. The molecule has 5 aromatic heterocycles. The normalized spacial score (nSPS) is 19.5. The molecule has 0 radical (unpaired) electrons. The van der Waals surface area contributed by atoms with E-state index in [1.165, 1.54) is 85.0 Å². The molecule has 23 rings (SSSR count). The van der Waals surface area contributed by atoms with E-state index in [1.807, 2.05) is 67.5 Å². The molecule has 12 aliphatic rings. The lowest BCUT2D eigenvalue weighted by molar-refractivity contribution is 0.395. The number of aromatic nitrogens is 8. The molecule has 4 atom stereocenters. The van der Waals surface area contributed by atoms with Gasteiger partial charge < -0.3 is 53.9 Å². The summed E-state index contributed by atoms with van der Waals surface area (Å²) in [6.07, 6.45) is 47.7. The smallest absolute Gasteiger partial charge is 0.178 e. The van der Waals surface area contributed by atoms with Gasteiger partial charge in [-0.2, -0.15) is 10.4 Å². The van der Waals surface area contributed by atoms with Gasteiger partial charge in [-0.1, -0.05) is 97.1 Å². The van der Waals surface area contributed by atoms with Gasteiger partial charge in [0, 0.05) is 114 Å². The summed E-state index contributed by atoms with van der Waals surface area (Å²) in [5, 5.41) is 16.0. The van der Waals surface area contributed by atoms with Gasteiger partial charge in [-0.25, -0.2) is 34.9 Å². The lowest BCUT2D eigenvalue weighted by atomic mass is 10.0. The van der Waals surface area contributed by atoms with E-state index in [2.05, 4.69) is 353 Å². The van der Waals surface area contributed by atoms with Gasteiger partial charge >= 0.3 is 0 Å². The van der Waals surface area contributed by atoms with Crippen LogP contribution in [0.2, 0.25) is 0 Å². The lowest BCUT2D eigenvalue weighted by Crippen LogP contribution is -2.52. The first-order chi connectivity index (χ1) is 56.8. The predicted octanol–water partition coefficient (Wildman–Crippen LogP) is 17.1. The van der Waals surface area contributed by atoms with Crippen molar-refractivity contribution in [3.8, 4) is 6.07 Å². The number of rotatable bonds is 7. The van der Waals surface area contributed by atoms with Crippen molar-refractivity contribution in [2.75, 3.05) is 65.5 Å². The van der Waals surface area contributed by atoms with Crippen LogP contribution in [0, 0.1) is 11.3 Å². The second kappa shape index (κ2) is 29.2. The zero-order valence-corrected chi connectivity index (χ0v) is 63.2. The Hall–Kier alpha value is -15.2. The van der Waals surface area contributed by atoms with Crippen molar-refractivity contribution in [1.82, 2.24) is 59.5 Å². The van der Waals surface area contributed by atoms with Gasteiger partial charge in [0.15, 0.2) is 23.3 Å². The maximum absolute atomic E-state index is 9.02. The summed E-state index contributed by atoms with van der Waals surface area (Å²) in [6.45, 7) is 9.90. The number of allylic oxidation sites excluding steroid dienone is 14. The number of pyridine rings is 2. The molecule has 4 unspecified atom stereocenters. The predicted molar refractivity (Wildman–Crippen MR) is 454 cm³/mol. The Labute approximate surface area is 666 Å². The third-order valence-electron chi connectivity index (χ3n) is 22.5. The average Bonchev–Trinajstić information content (AvgIpc) is 1.60. The van der Waals surface area contributed by atoms with E-state index < -0.39 is 0 Å². The second-order valence-electron chi connectivity index (χ2n) is 28.9. The minimum absolute atomic E-state index is 0.0917. The van der Waals surface area contributed by atoms with Gasteiger partial charge in [0.1, 0.15) is 37.1 Å². The Morgan fingerprint density at radius 2 is 0.739 bits per heavy atom. The van der Waals surface area contributed by atoms with E-state index in [9.17, 15) is 0 Å². The summed E-state index contributed by atoms with van der Waals surface area (Å²) in [5.74, 6) is 3.42. The van der Waals surface area contributed by atoms with Gasteiger partial charge in [-0.05, 0) is 189 Å². The van der Waals surface area contributed by atoms with Gasteiger partial charge in [-0.3, -0.25) is 9.97 Å². The maximum atomic E-state index is 9.02. The molecule has 17 heterocycles. The molecule has 0 fully saturated rings. The van der Waals surface area contributed by atoms with Crippen LogP contribution in [0.1, 0.15) is 43.3 Å². The number of hydrogen-bond donors (Lipinski definition) is 0. The topological polar surface area (TPSA) is 178 Å². The molecule has 6 aromatic carbocycles. The molecule has 22 nitrogen and oxygen atoms in total. The van der Waals surface area contributed by atoms with Crippen molar-refractivity contribution in [1.29, 1.82) is 5.26 Å². The van der Waals surface area contributed by atoms with Crippen LogP contribution < -0.4 is 39.3 Å². The number of hydrogen-bond acceptors (Lipinski definition) is 22. The van der Waals surface area contributed by atoms with E-state index in [0.717, 1.165) is 77.5 Å². The fraction of sp³-hybridized carbons (Fsp3) is 0.118. The third-order valence-corrected chi connectivity index (χ3v) is 22.5.